The monoisotopic (exact) mass is 264 g/mol. The number of alkyl halides is 3. The lowest BCUT2D eigenvalue weighted by Crippen LogP contribution is -2.06. The van der Waals surface area contributed by atoms with Gasteiger partial charge in [-0.3, -0.25) is 4.79 Å². The minimum Gasteiger partial charge on any atom is -0.298 e. The van der Waals surface area contributed by atoms with Gasteiger partial charge in [-0.2, -0.15) is 13.2 Å². The van der Waals surface area contributed by atoms with E-state index in [-0.39, 0.29) is 5.56 Å². The average molecular weight is 264 g/mol. The topological polar surface area (TPSA) is 17.1 Å². The largest absolute Gasteiger partial charge is 0.416 e. The molecule has 2 rings (SSSR count). The number of hydrogen-bond donors (Lipinski definition) is 0. The van der Waals surface area contributed by atoms with E-state index in [0.717, 1.165) is 17.7 Å². The van der Waals surface area contributed by atoms with Gasteiger partial charge in [-0.05, 0) is 36.2 Å². The maximum atomic E-state index is 12.7. The molecule has 0 radical (unpaired) electrons. The molecule has 98 valence electrons. The van der Waals surface area contributed by atoms with Crippen molar-refractivity contribution in [2.75, 3.05) is 0 Å². The van der Waals surface area contributed by atoms with Crippen LogP contribution in [-0.4, -0.2) is 6.29 Å². The number of rotatable bonds is 2. The molecule has 0 bridgehead atoms. The molecule has 0 aliphatic rings. The highest BCUT2D eigenvalue weighted by Gasteiger charge is 2.31. The molecule has 4 heteroatoms. The third kappa shape index (κ3) is 3.02. The Labute approximate surface area is 108 Å². The van der Waals surface area contributed by atoms with Crippen molar-refractivity contribution in [2.45, 2.75) is 13.1 Å². The summed E-state index contributed by atoms with van der Waals surface area (Å²) in [6, 6.07) is 10.5. The van der Waals surface area contributed by atoms with Crippen LogP contribution >= 0.6 is 0 Å². The van der Waals surface area contributed by atoms with Crippen LogP contribution in [0.3, 0.4) is 0 Å². The van der Waals surface area contributed by atoms with Crippen LogP contribution in [0.1, 0.15) is 21.5 Å². The van der Waals surface area contributed by atoms with Crippen LogP contribution in [0.4, 0.5) is 13.2 Å². The Hall–Kier alpha value is -2.10. The summed E-state index contributed by atoms with van der Waals surface area (Å²) >= 11 is 0. The number of carbonyl (C=O) groups is 1. The normalized spacial score (nSPS) is 11.4. The first-order valence-corrected chi connectivity index (χ1v) is 5.64. The molecule has 1 nitrogen and oxygen atoms in total. The zero-order valence-electron chi connectivity index (χ0n) is 10.2. The maximum absolute atomic E-state index is 12.7. The van der Waals surface area contributed by atoms with Crippen LogP contribution < -0.4 is 0 Å². The van der Waals surface area contributed by atoms with E-state index in [0.29, 0.717) is 17.4 Å². The molecule has 2 aromatic rings. The molecule has 0 saturated carbocycles. The van der Waals surface area contributed by atoms with Crippen LogP contribution in [-0.2, 0) is 6.18 Å². The fourth-order valence-corrected chi connectivity index (χ4v) is 1.80. The van der Waals surface area contributed by atoms with Crippen LogP contribution in [0.15, 0.2) is 42.5 Å². The number of aryl methyl sites for hydroxylation is 1. The van der Waals surface area contributed by atoms with E-state index in [1.54, 1.807) is 12.1 Å². The van der Waals surface area contributed by atoms with E-state index >= 15 is 0 Å². The fourth-order valence-electron chi connectivity index (χ4n) is 1.80. The van der Waals surface area contributed by atoms with Gasteiger partial charge in [0.2, 0.25) is 0 Å². The Balaban J connectivity index is 2.57. The zero-order valence-corrected chi connectivity index (χ0v) is 10.2. The predicted octanol–water partition coefficient (Wildman–Crippen LogP) is 4.49. The van der Waals surface area contributed by atoms with Crippen molar-refractivity contribution in [1.29, 1.82) is 0 Å². The van der Waals surface area contributed by atoms with Gasteiger partial charge < -0.3 is 0 Å². The number of carbonyl (C=O) groups excluding carboxylic acids is 1. The van der Waals surface area contributed by atoms with Crippen molar-refractivity contribution in [3.8, 4) is 11.1 Å². The summed E-state index contributed by atoms with van der Waals surface area (Å²) in [6.45, 7) is 1.90. The van der Waals surface area contributed by atoms with E-state index in [4.69, 9.17) is 0 Å². The van der Waals surface area contributed by atoms with Crippen LogP contribution in [0, 0.1) is 6.92 Å². The lowest BCUT2D eigenvalue weighted by molar-refractivity contribution is -0.137. The summed E-state index contributed by atoms with van der Waals surface area (Å²) in [5, 5.41) is 0. The maximum Gasteiger partial charge on any atom is 0.416 e. The Bertz CT molecular complexity index is 598. The molecule has 0 aromatic heterocycles. The quantitative estimate of drug-likeness (QED) is 0.730. The second-order valence-corrected chi connectivity index (χ2v) is 4.33. The first-order valence-electron chi connectivity index (χ1n) is 5.64. The van der Waals surface area contributed by atoms with Crippen molar-refractivity contribution in [2.24, 2.45) is 0 Å². The Morgan fingerprint density at radius 1 is 0.947 bits per heavy atom. The molecule has 0 fully saturated rings. The molecule has 0 aliphatic carbocycles. The van der Waals surface area contributed by atoms with Gasteiger partial charge in [-0.1, -0.05) is 29.8 Å². The number of hydrogen-bond acceptors (Lipinski definition) is 1. The standard InChI is InChI=1S/C15H11F3O/c1-10-2-4-12(5-3-10)13-6-11(9-19)7-14(8-13)15(16,17)18/h2-9H,1H3. The Morgan fingerprint density at radius 3 is 2.11 bits per heavy atom. The van der Waals surface area contributed by atoms with Crippen LogP contribution in [0.25, 0.3) is 11.1 Å². The van der Waals surface area contributed by atoms with E-state index in [2.05, 4.69) is 0 Å². The molecular weight excluding hydrogens is 253 g/mol. The lowest BCUT2D eigenvalue weighted by atomic mass is 9.99. The molecular formula is C15H11F3O. The van der Waals surface area contributed by atoms with Crippen molar-refractivity contribution in [3.05, 3.63) is 59.2 Å². The van der Waals surface area contributed by atoms with Crippen LogP contribution in [0.5, 0.6) is 0 Å². The van der Waals surface area contributed by atoms with Crippen molar-refractivity contribution < 1.29 is 18.0 Å². The summed E-state index contributed by atoms with van der Waals surface area (Å²) in [6.07, 6.45) is -4.04. The Morgan fingerprint density at radius 2 is 1.58 bits per heavy atom. The summed E-state index contributed by atoms with van der Waals surface area (Å²) < 4.78 is 38.2. The highest BCUT2D eigenvalue weighted by atomic mass is 19.4. The van der Waals surface area contributed by atoms with E-state index in [1.807, 2.05) is 19.1 Å². The fraction of sp³-hybridized carbons (Fsp3) is 0.133. The van der Waals surface area contributed by atoms with Gasteiger partial charge in [0, 0.05) is 5.56 Å². The molecule has 19 heavy (non-hydrogen) atoms. The average Bonchev–Trinajstić information content (AvgIpc) is 2.38. The van der Waals surface area contributed by atoms with Crippen LogP contribution in [0.2, 0.25) is 0 Å². The third-order valence-electron chi connectivity index (χ3n) is 2.80. The summed E-state index contributed by atoms with van der Waals surface area (Å²) in [5.41, 5.74) is 1.26. The molecule has 0 spiro atoms. The van der Waals surface area contributed by atoms with Gasteiger partial charge in [-0.15, -0.1) is 0 Å². The summed E-state index contributed by atoms with van der Waals surface area (Å²) in [4.78, 5) is 10.8. The summed E-state index contributed by atoms with van der Waals surface area (Å²) in [7, 11) is 0. The number of benzene rings is 2. The van der Waals surface area contributed by atoms with Gasteiger partial charge in [0.25, 0.3) is 0 Å². The van der Waals surface area contributed by atoms with Gasteiger partial charge in [0.15, 0.2) is 0 Å². The molecule has 0 aliphatic heterocycles. The van der Waals surface area contributed by atoms with E-state index in [1.165, 1.54) is 6.07 Å². The predicted molar refractivity (Wildman–Crippen MR) is 67.0 cm³/mol. The minimum absolute atomic E-state index is 0.0189. The first kappa shape index (κ1) is 13.3. The van der Waals surface area contributed by atoms with Crippen molar-refractivity contribution >= 4 is 6.29 Å². The molecule has 0 N–H and O–H groups in total. The Kier molecular flexibility index (Phi) is 3.42. The van der Waals surface area contributed by atoms with E-state index < -0.39 is 11.7 Å². The second kappa shape index (κ2) is 4.88. The van der Waals surface area contributed by atoms with Crippen molar-refractivity contribution in [3.63, 3.8) is 0 Å². The minimum atomic E-state index is -4.46. The molecule has 0 amide bonds. The molecule has 0 atom stereocenters. The molecule has 0 heterocycles. The van der Waals surface area contributed by atoms with E-state index in [9.17, 15) is 18.0 Å². The van der Waals surface area contributed by atoms with Gasteiger partial charge in [0.1, 0.15) is 6.29 Å². The number of halogens is 3. The highest BCUT2D eigenvalue weighted by Crippen LogP contribution is 2.33. The summed E-state index contributed by atoms with van der Waals surface area (Å²) in [5.74, 6) is 0. The molecule has 2 aromatic carbocycles. The van der Waals surface area contributed by atoms with Gasteiger partial charge in [0.05, 0.1) is 5.56 Å². The number of aldehydes is 1. The first-order chi connectivity index (χ1) is 8.90. The zero-order chi connectivity index (χ0) is 14.0. The molecule has 0 saturated heterocycles. The smallest absolute Gasteiger partial charge is 0.298 e. The highest BCUT2D eigenvalue weighted by molar-refractivity contribution is 5.79. The molecule has 0 unspecified atom stereocenters. The SMILES string of the molecule is Cc1ccc(-c2cc(C=O)cc(C(F)(F)F)c2)cc1. The van der Waals surface area contributed by atoms with Gasteiger partial charge >= 0.3 is 6.18 Å². The van der Waals surface area contributed by atoms with Crippen molar-refractivity contribution in [1.82, 2.24) is 0 Å². The lowest BCUT2D eigenvalue weighted by Gasteiger charge is -2.10. The second-order valence-electron chi connectivity index (χ2n) is 4.33. The third-order valence-corrected chi connectivity index (χ3v) is 2.80. The van der Waals surface area contributed by atoms with Gasteiger partial charge in [-0.25, -0.2) is 0 Å².